The first-order chi connectivity index (χ1) is 8.66. The predicted molar refractivity (Wildman–Crippen MR) is 72.5 cm³/mol. The molecule has 18 heavy (non-hydrogen) atoms. The van der Waals surface area contributed by atoms with Crippen molar-refractivity contribution in [1.29, 1.82) is 0 Å². The first kappa shape index (κ1) is 11.4. The van der Waals surface area contributed by atoms with Crippen LogP contribution in [0, 0.1) is 5.92 Å². The molecule has 1 heterocycles. The molecule has 4 nitrogen and oxygen atoms in total. The van der Waals surface area contributed by atoms with Gasteiger partial charge in [-0.25, -0.2) is 4.79 Å². The maximum Gasteiger partial charge on any atom is 0.324 e. The Bertz CT molecular complexity index is 470. The number of hydrogen-bond donors (Lipinski definition) is 1. The lowest BCUT2D eigenvalue weighted by atomic mass is 9.79. The molecule has 96 valence electrons. The van der Waals surface area contributed by atoms with Crippen molar-refractivity contribution in [3.63, 3.8) is 0 Å². The summed E-state index contributed by atoms with van der Waals surface area (Å²) < 4.78 is 0. The highest BCUT2D eigenvalue weighted by Crippen LogP contribution is 2.36. The van der Waals surface area contributed by atoms with Crippen LogP contribution in [0.2, 0.25) is 0 Å². The maximum absolute atomic E-state index is 12.3. The van der Waals surface area contributed by atoms with Gasteiger partial charge in [0.2, 0.25) is 0 Å². The molecule has 1 aliphatic heterocycles. The molecule has 0 radical (unpaired) electrons. The minimum absolute atomic E-state index is 0.0949. The second-order valence-electron chi connectivity index (χ2n) is 5.36. The van der Waals surface area contributed by atoms with Crippen molar-refractivity contribution >= 4 is 17.4 Å². The first-order valence-electron chi connectivity index (χ1n) is 6.56. The standard InChI is InChI=1S/C14H19N3O/c1-16-13(10-4-2-5-10)9-17(14(16)18)12-7-3-6-11(15)8-12/h3,6-8,10,13H,2,4-5,9,15H2,1H3. The Hall–Kier alpha value is -1.71. The minimum Gasteiger partial charge on any atom is -0.399 e. The number of urea groups is 1. The molecule has 0 aromatic heterocycles. The van der Waals surface area contributed by atoms with E-state index in [2.05, 4.69) is 0 Å². The minimum atomic E-state index is 0.0949. The van der Waals surface area contributed by atoms with Crippen LogP contribution in [0.1, 0.15) is 19.3 Å². The molecule has 1 aromatic carbocycles. The highest BCUT2D eigenvalue weighted by atomic mass is 16.2. The smallest absolute Gasteiger partial charge is 0.324 e. The molecule has 0 spiro atoms. The summed E-state index contributed by atoms with van der Waals surface area (Å²) in [5.74, 6) is 0.685. The van der Waals surface area contributed by atoms with Crippen molar-refractivity contribution in [2.45, 2.75) is 25.3 Å². The highest BCUT2D eigenvalue weighted by molar-refractivity contribution is 5.94. The van der Waals surface area contributed by atoms with Crippen LogP contribution in [0.5, 0.6) is 0 Å². The van der Waals surface area contributed by atoms with Crippen molar-refractivity contribution in [2.24, 2.45) is 5.92 Å². The number of amides is 2. The van der Waals surface area contributed by atoms with E-state index in [-0.39, 0.29) is 6.03 Å². The summed E-state index contributed by atoms with van der Waals surface area (Å²) >= 11 is 0. The highest BCUT2D eigenvalue weighted by Gasteiger charge is 2.41. The van der Waals surface area contributed by atoms with E-state index in [0.717, 1.165) is 12.2 Å². The van der Waals surface area contributed by atoms with Crippen molar-refractivity contribution in [1.82, 2.24) is 4.90 Å². The van der Waals surface area contributed by atoms with Crippen LogP contribution in [0.15, 0.2) is 24.3 Å². The average molecular weight is 245 g/mol. The van der Waals surface area contributed by atoms with E-state index in [1.807, 2.05) is 41.1 Å². The van der Waals surface area contributed by atoms with Gasteiger partial charge in [0.25, 0.3) is 0 Å². The molecule has 1 unspecified atom stereocenters. The second-order valence-corrected chi connectivity index (χ2v) is 5.36. The van der Waals surface area contributed by atoms with E-state index in [1.54, 1.807) is 0 Å². The molecule has 1 atom stereocenters. The molecule has 2 aliphatic rings. The van der Waals surface area contributed by atoms with Gasteiger partial charge < -0.3 is 10.6 Å². The summed E-state index contributed by atoms with van der Waals surface area (Å²) in [6.07, 6.45) is 3.82. The van der Waals surface area contributed by atoms with Crippen molar-refractivity contribution in [2.75, 3.05) is 24.2 Å². The van der Waals surface area contributed by atoms with Crippen LogP contribution < -0.4 is 10.6 Å². The number of anilines is 2. The molecule has 0 bridgehead atoms. The maximum atomic E-state index is 12.3. The molecular weight excluding hydrogens is 226 g/mol. The Labute approximate surface area is 107 Å². The number of benzene rings is 1. The first-order valence-corrected chi connectivity index (χ1v) is 6.56. The summed E-state index contributed by atoms with van der Waals surface area (Å²) in [6, 6.07) is 8.02. The summed E-state index contributed by atoms with van der Waals surface area (Å²) in [7, 11) is 1.91. The molecule has 2 fully saturated rings. The number of carbonyl (C=O) groups excluding carboxylic acids is 1. The normalized spacial score (nSPS) is 24.5. The van der Waals surface area contributed by atoms with Gasteiger partial charge in [-0.15, -0.1) is 0 Å². The number of likely N-dealkylation sites (N-methyl/N-ethyl adjacent to an activating group) is 1. The lowest BCUT2D eigenvalue weighted by Crippen LogP contribution is -2.39. The van der Waals surface area contributed by atoms with Crippen molar-refractivity contribution in [3.8, 4) is 0 Å². The Balaban J connectivity index is 1.83. The Morgan fingerprint density at radius 3 is 2.72 bits per heavy atom. The van der Waals surface area contributed by atoms with Crippen LogP contribution in [0.25, 0.3) is 0 Å². The largest absolute Gasteiger partial charge is 0.399 e. The average Bonchev–Trinajstić information content (AvgIpc) is 2.56. The van der Waals surface area contributed by atoms with E-state index in [4.69, 9.17) is 5.73 Å². The van der Waals surface area contributed by atoms with E-state index < -0.39 is 0 Å². The van der Waals surface area contributed by atoms with Gasteiger partial charge in [0.05, 0.1) is 6.04 Å². The summed E-state index contributed by atoms with van der Waals surface area (Å²) in [4.78, 5) is 16.0. The molecule has 3 rings (SSSR count). The lowest BCUT2D eigenvalue weighted by Gasteiger charge is -2.33. The summed E-state index contributed by atoms with van der Waals surface area (Å²) in [6.45, 7) is 0.795. The van der Waals surface area contributed by atoms with Crippen LogP contribution in [-0.4, -0.2) is 30.6 Å². The second kappa shape index (κ2) is 4.19. The topological polar surface area (TPSA) is 49.6 Å². The number of nitrogen functional groups attached to an aromatic ring is 1. The van der Waals surface area contributed by atoms with Gasteiger partial charge in [-0.2, -0.15) is 0 Å². The van der Waals surface area contributed by atoms with Crippen LogP contribution in [0.3, 0.4) is 0 Å². The number of carbonyl (C=O) groups is 1. The van der Waals surface area contributed by atoms with Crippen molar-refractivity contribution < 1.29 is 4.79 Å². The summed E-state index contributed by atoms with van der Waals surface area (Å²) in [5, 5.41) is 0. The quantitative estimate of drug-likeness (QED) is 0.813. The van der Waals surface area contributed by atoms with Gasteiger partial charge in [-0.05, 0) is 37.0 Å². The zero-order chi connectivity index (χ0) is 12.7. The van der Waals surface area contributed by atoms with Gasteiger partial charge >= 0.3 is 6.03 Å². The molecule has 4 heteroatoms. The Morgan fingerprint density at radius 2 is 2.11 bits per heavy atom. The third kappa shape index (κ3) is 1.72. The number of nitrogens with two attached hydrogens (primary N) is 1. The van der Waals surface area contributed by atoms with Gasteiger partial charge in [0, 0.05) is 25.0 Å². The SMILES string of the molecule is CN1C(=O)N(c2cccc(N)c2)CC1C1CCC1. The van der Waals surface area contributed by atoms with E-state index in [1.165, 1.54) is 19.3 Å². The van der Waals surface area contributed by atoms with E-state index >= 15 is 0 Å². The van der Waals surface area contributed by atoms with Crippen molar-refractivity contribution in [3.05, 3.63) is 24.3 Å². The number of hydrogen-bond acceptors (Lipinski definition) is 2. The zero-order valence-electron chi connectivity index (χ0n) is 10.7. The van der Waals surface area contributed by atoms with Crippen LogP contribution >= 0.6 is 0 Å². The molecule has 2 amide bonds. The van der Waals surface area contributed by atoms with E-state index in [9.17, 15) is 4.79 Å². The Morgan fingerprint density at radius 1 is 1.33 bits per heavy atom. The van der Waals surface area contributed by atoms with Gasteiger partial charge in [0.1, 0.15) is 0 Å². The monoisotopic (exact) mass is 245 g/mol. The molecule has 1 aromatic rings. The Kier molecular flexibility index (Phi) is 2.65. The lowest BCUT2D eigenvalue weighted by molar-refractivity contribution is 0.164. The fourth-order valence-electron chi connectivity index (χ4n) is 2.92. The number of rotatable bonds is 2. The molecule has 1 aliphatic carbocycles. The third-order valence-corrected chi connectivity index (χ3v) is 4.28. The molecule has 1 saturated heterocycles. The molecule has 1 saturated carbocycles. The van der Waals surface area contributed by atoms with E-state index in [0.29, 0.717) is 17.6 Å². The fourth-order valence-corrected chi connectivity index (χ4v) is 2.92. The van der Waals surface area contributed by atoms with Crippen LogP contribution in [-0.2, 0) is 0 Å². The third-order valence-electron chi connectivity index (χ3n) is 4.28. The van der Waals surface area contributed by atoms with Gasteiger partial charge in [-0.1, -0.05) is 12.5 Å². The fraction of sp³-hybridized carbons (Fsp3) is 0.500. The van der Waals surface area contributed by atoms with Crippen LogP contribution in [0.4, 0.5) is 16.2 Å². The number of nitrogens with zero attached hydrogens (tertiary/aromatic N) is 2. The van der Waals surface area contributed by atoms with Gasteiger partial charge in [0.15, 0.2) is 0 Å². The predicted octanol–water partition coefficient (Wildman–Crippen LogP) is 2.31. The van der Waals surface area contributed by atoms with Gasteiger partial charge in [-0.3, -0.25) is 4.90 Å². The molecule has 2 N–H and O–H groups in total. The molecular formula is C14H19N3O. The zero-order valence-corrected chi connectivity index (χ0v) is 10.7. The summed E-state index contributed by atoms with van der Waals surface area (Å²) in [5.41, 5.74) is 7.40.